The van der Waals surface area contributed by atoms with Gasteiger partial charge in [-0.3, -0.25) is 4.90 Å². The van der Waals surface area contributed by atoms with Crippen LogP contribution in [0.2, 0.25) is 0 Å². The average Bonchev–Trinajstić information content (AvgIpc) is 2.60. The second-order valence-corrected chi connectivity index (χ2v) is 4.10. The molecule has 2 saturated heterocycles. The third kappa shape index (κ3) is 1.33. The van der Waals surface area contributed by atoms with Crippen LogP contribution in [0.1, 0.15) is 12.6 Å². The normalized spacial score (nSPS) is 26.2. The predicted octanol–water partition coefficient (Wildman–Crippen LogP) is -0.760. The molecule has 0 spiro atoms. The highest BCUT2D eigenvalue weighted by atomic mass is 16.4. The van der Waals surface area contributed by atoms with Crippen molar-refractivity contribution in [3.63, 3.8) is 0 Å². The summed E-state index contributed by atoms with van der Waals surface area (Å²) in [5.74, 6) is 0. The Hall–Kier alpha value is -1.70. The number of hydrogen-bond donors (Lipinski definition) is 1. The molecule has 0 aromatic carbocycles. The zero-order valence-corrected chi connectivity index (χ0v) is 8.60. The Morgan fingerprint density at radius 3 is 2.75 bits per heavy atom. The fraction of sp³-hybridized carbons (Fsp3) is 0.750. The second-order valence-electron chi connectivity index (χ2n) is 4.10. The SMILES string of the molecule is O=C(O)N1CC(N2CCC2n2ncnn2)C1. The zero-order valence-electron chi connectivity index (χ0n) is 8.60. The first-order valence-corrected chi connectivity index (χ1v) is 5.22. The summed E-state index contributed by atoms with van der Waals surface area (Å²) in [7, 11) is 0. The number of aromatic nitrogens is 4. The van der Waals surface area contributed by atoms with Crippen molar-refractivity contribution in [2.24, 2.45) is 0 Å². The Labute approximate surface area is 91.4 Å². The first-order chi connectivity index (χ1) is 7.75. The molecule has 86 valence electrons. The van der Waals surface area contributed by atoms with E-state index in [1.54, 1.807) is 4.80 Å². The van der Waals surface area contributed by atoms with Gasteiger partial charge in [0.1, 0.15) is 6.17 Å². The van der Waals surface area contributed by atoms with Gasteiger partial charge in [0, 0.05) is 25.7 Å². The fourth-order valence-corrected chi connectivity index (χ4v) is 2.20. The van der Waals surface area contributed by atoms with Gasteiger partial charge in [-0.25, -0.2) is 4.79 Å². The van der Waals surface area contributed by atoms with Crippen molar-refractivity contribution in [1.82, 2.24) is 30.0 Å². The van der Waals surface area contributed by atoms with E-state index >= 15 is 0 Å². The number of carboxylic acid groups (broad SMARTS) is 1. The van der Waals surface area contributed by atoms with E-state index in [-0.39, 0.29) is 6.17 Å². The lowest BCUT2D eigenvalue weighted by atomic mass is 10.0. The van der Waals surface area contributed by atoms with Crippen LogP contribution in [-0.4, -0.2) is 66.9 Å². The molecule has 0 bridgehead atoms. The highest BCUT2D eigenvalue weighted by Crippen LogP contribution is 2.32. The zero-order chi connectivity index (χ0) is 11.1. The topological polar surface area (TPSA) is 87.4 Å². The van der Waals surface area contributed by atoms with Crippen LogP contribution in [0.25, 0.3) is 0 Å². The molecule has 1 N–H and O–H groups in total. The maximum absolute atomic E-state index is 10.6. The van der Waals surface area contributed by atoms with Crippen LogP contribution in [0, 0.1) is 0 Å². The first kappa shape index (κ1) is 9.52. The van der Waals surface area contributed by atoms with E-state index in [1.165, 1.54) is 11.2 Å². The fourth-order valence-electron chi connectivity index (χ4n) is 2.20. The maximum atomic E-state index is 10.6. The third-order valence-electron chi connectivity index (χ3n) is 3.26. The van der Waals surface area contributed by atoms with Crippen LogP contribution in [0.5, 0.6) is 0 Å². The molecule has 2 aliphatic heterocycles. The summed E-state index contributed by atoms with van der Waals surface area (Å²) in [4.78, 5) is 15.9. The van der Waals surface area contributed by atoms with Crippen LogP contribution in [-0.2, 0) is 0 Å². The van der Waals surface area contributed by atoms with Gasteiger partial charge in [0.25, 0.3) is 0 Å². The molecule has 0 saturated carbocycles. The van der Waals surface area contributed by atoms with E-state index < -0.39 is 6.09 Å². The minimum atomic E-state index is -0.841. The number of hydrogen-bond acceptors (Lipinski definition) is 5. The van der Waals surface area contributed by atoms with Crippen LogP contribution in [0.4, 0.5) is 4.79 Å². The molecule has 1 atom stereocenters. The molecule has 2 aliphatic rings. The largest absolute Gasteiger partial charge is 0.465 e. The van der Waals surface area contributed by atoms with E-state index in [4.69, 9.17) is 5.11 Å². The van der Waals surface area contributed by atoms with Crippen molar-refractivity contribution < 1.29 is 9.90 Å². The molecule has 3 heterocycles. The average molecular weight is 224 g/mol. The smallest absolute Gasteiger partial charge is 0.407 e. The van der Waals surface area contributed by atoms with E-state index in [0.29, 0.717) is 19.1 Å². The summed E-state index contributed by atoms with van der Waals surface area (Å²) < 4.78 is 0. The quantitative estimate of drug-likeness (QED) is 0.710. The van der Waals surface area contributed by atoms with Crippen molar-refractivity contribution in [2.45, 2.75) is 18.6 Å². The van der Waals surface area contributed by atoms with Gasteiger partial charge >= 0.3 is 6.09 Å². The Kier molecular flexibility index (Phi) is 2.03. The van der Waals surface area contributed by atoms with Crippen LogP contribution in [0.15, 0.2) is 6.33 Å². The molecule has 1 unspecified atom stereocenters. The Morgan fingerprint density at radius 2 is 2.25 bits per heavy atom. The number of rotatable bonds is 2. The van der Waals surface area contributed by atoms with Gasteiger partial charge in [0.05, 0.1) is 0 Å². The highest BCUT2D eigenvalue weighted by molar-refractivity contribution is 5.66. The maximum Gasteiger partial charge on any atom is 0.407 e. The van der Waals surface area contributed by atoms with Crippen molar-refractivity contribution in [3.8, 4) is 0 Å². The van der Waals surface area contributed by atoms with Crippen LogP contribution in [0.3, 0.4) is 0 Å². The lowest BCUT2D eigenvalue weighted by molar-refractivity contribution is -0.0724. The van der Waals surface area contributed by atoms with Crippen molar-refractivity contribution in [1.29, 1.82) is 0 Å². The van der Waals surface area contributed by atoms with E-state index in [1.807, 2.05) is 0 Å². The van der Waals surface area contributed by atoms with E-state index in [2.05, 4.69) is 20.3 Å². The molecule has 3 rings (SSSR count). The molecule has 8 nitrogen and oxygen atoms in total. The van der Waals surface area contributed by atoms with Crippen molar-refractivity contribution >= 4 is 6.09 Å². The summed E-state index contributed by atoms with van der Waals surface area (Å²) >= 11 is 0. The Balaban J connectivity index is 1.60. The molecule has 16 heavy (non-hydrogen) atoms. The van der Waals surface area contributed by atoms with Crippen molar-refractivity contribution in [3.05, 3.63) is 6.33 Å². The van der Waals surface area contributed by atoms with Gasteiger partial charge in [-0.05, 0) is 11.6 Å². The molecule has 1 amide bonds. The second kappa shape index (κ2) is 3.41. The summed E-state index contributed by atoms with van der Waals surface area (Å²) in [5.41, 5.74) is 0. The van der Waals surface area contributed by atoms with Crippen LogP contribution >= 0.6 is 0 Å². The lowest BCUT2D eigenvalue weighted by Gasteiger charge is -2.51. The number of tetrazole rings is 1. The number of nitrogens with zero attached hydrogens (tertiary/aromatic N) is 6. The predicted molar refractivity (Wildman–Crippen MR) is 51.6 cm³/mol. The molecule has 0 radical (unpaired) electrons. The summed E-state index contributed by atoms with van der Waals surface area (Å²) in [5, 5.41) is 20.3. The molecular weight excluding hydrogens is 212 g/mol. The van der Waals surface area contributed by atoms with Crippen LogP contribution < -0.4 is 0 Å². The molecule has 1 aromatic rings. The summed E-state index contributed by atoms with van der Waals surface area (Å²) in [6, 6.07) is 0.306. The van der Waals surface area contributed by atoms with Gasteiger partial charge in [-0.15, -0.1) is 15.0 Å². The van der Waals surface area contributed by atoms with Gasteiger partial charge < -0.3 is 10.0 Å². The summed E-state index contributed by atoms with van der Waals surface area (Å²) in [6.07, 6.45) is 1.73. The number of likely N-dealkylation sites (tertiary alicyclic amines) is 2. The first-order valence-electron chi connectivity index (χ1n) is 5.22. The van der Waals surface area contributed by atoms with E-state index in [9.17, 15) is 4.79 Å². The molecule has 8 heteroatoms. The third-order valence-corrected chi connectivity index (χ3v) is 3.26. The molecule has 2 fully saturated rings. The summed E-state index contributed by atoms with van der Waals surface area (Å²) in [6.45, 7) is 2.14. The number of amides is 1. The molecule has 0 aliphatic carbocycles. The lowest BCUT2D eigenvalue weighted by Crippen LogP contribution is -2.65. The minimum Gasteiger partial charge on any atom is -0.465 e. The van der Waals surface area contributed by atoms with Gasteiger partial charge in [-0.1, -0.05) is 0 Å². The van der Waals surface area contributed by atoms with E-state index in [0.717, 1.165) is 13.0 Å². The van der Waals surface area contributed by atoms with Gasteiger partial charge in [0.15, 0.2) is 6.33 Å². The Morgan fingerprint density at radius 1 is 1.44 bits per heavy atom. The van der Waals surface area contributed by atoms with Gasteiger partial charge in [-0.2, -0.15) is 0 Å². The monoisotopic (exact) mass is 224 g/mol. The highest BCUT2D eigenvalue weighted by Gasteiger charge is 2.43. The Bertz CT molecular complexity index is 387. The molecular formula is C8H12N6O2. The van der Waals surface area contributed by atoms with Crippen molar-refractivity contribution in [2.75, 3.05) is 19.6 Å². The molecule has 1 aromatic heterocycles. The minimum absolute atomic E-state index is 0.156. The van der Waals surface area contributed by atoms with Gasteiger partial charge in [0.2, 0.25) is 0 Å². The number of carbonyl (C=O) groups is 1. The standard InChI is InChI=1S/C8H12N6O2/c15-8(16)12-3-6(4-12)13-2-1-7(13)14-10-5-9-11-14/h5-7H,1-4H2,(H,15,16).